The molecular weight excluding hydrogens is 429 g/mol. The molecule has 0 atom stereocenters. The molecular formula is C26H54N5OP. The molecule has 0 aromatic rings. The van der Waals surface area contributed by atoms with Crippen LogP contribution in [0.1, 0.15) is 94.9 Å². The standard InChI is InChI=1S/C26H54N5OP/c1-13-29(14-2)33(32)30(21-17-23(3,4)27(11)24(5,6)18-21)15-16-31(33)22-19-25(7,8)28(12)26(9,10)20-22/h21-22H,13-20H2,1-12H3. The van der Waals surface area contributed by atoms with Gasteiger partial charge in [0.15, 0.2) is 0 Å². The molecule has 0 aliphatic carbocycles. The van der Waals surface area contributed by atoms with Crippen LogP contribution in [-0.2, 0) is 4.57 Å². The summed E-state index contributed by atoms with van der Waals surface area (Å²) in [5, 5.41) is 0. The van der Waals surface area contributed by atoms with Gasteiger partial charge in [-0.1, -0.05) is 13.8 Å². The fourth-order valence-corrected chi connectivity index (χ4v) is 10.9. The summed E-state index contributed by atoms with van der Waals surface area (Å²) in [7, 11) is 1.69. The highest BCUT2D eigenvalue weighted by Gasteiger charge is 2.57. The van der Waals surface area contributed by atoms with Crippen LogP contribution >= 0.6 is 7.59 Å². The minimum Gasteiger partial charge on any atom is -0.296 e. The summed E-state index contributed by atoms with van der Waals surface area (Å²) in [5.74, 6) is 0. The second-order valence-corrected chi connectivity index (χ2v) is 16.1. The quantitative estimate of drug-likeness (QED) is 0.490. The summed E-state index contributed by atoms with van der Waals surface area (Å²) < 4.78 is 22.7. The molecule has 3 aliphatic heterocycles. The van der Waals surface area contributed by atoms with Gasteiger partial charge in [0.2, 0.25) is 0 Å². The van der Waals surface area contributed by atoms with Crippen molar-refractivity contribution in [2.45, 2.75) is 129 Å². The summed E-state index contributed by atoms with van der Waals surface area (Å²) in [4.78, 5) is 5.07. The first-order valence-electron chi connectivity index (χ1n) is 13.3. The Bertz CT molecular complexity index is 670. The molecule has 0 N–H and O–H groups in total. The maximum atomic E-state index is 15.4. The van der Waals surface area contributed by atoms with Gasteiger partial charge in [0, 0.05) is 60.4 Å². The molecule has 3 aliphatic rings. The smallest absolute Gasteiger partial charge is 0.287 e. The van der Waals surface area contributed by atoms with Gasteiger partial charge in [0.05, 0.1) is 0 Å². The Morgan fingerprint density at radius 3 is 1.18 bits per heavy atom. The van der Waals surface area contributed by atoms with E-state index in [1.165, 1.54) is 0 Å². The lowest BCUT2D eigenvalue weighted by molar-refractivity contribution is -0.0335. The maximum absolute atomic E-state index is 15.4. The molecule has 33 heavy (non-hydrogen) atoms. The summed E-state index contributed by atoms with van der Waals surface area (Å²) in [5.41, 5.74) is 0.355. The molecule has 0 bridgehead atoms. The molecule has 0 saturated carbocycles. The first kappa shape index (κ1) is 27.6. The van der Waals surface area contributed by atoms with Crippen LogP contribution in [-0.4, -0.2) is 98.3 Å². The second kappa shape index (κ2) is 8.85. The first-order valence-corrected chi connectivity index (χ1v) is 14.9. The zero-order valence-electron chi connectivity index (χ0n) is 23.9. The summed E-state index contributed by atoms with van der Waals surface area (Å²) in [6, 6.07) is 0.685. The molecule has 0 unspecified atom stereocenters. The molecule has 0 radical (unpaired) electrons. The minimum atomic E-state index is -2.84. The molecule has 0 amide bonds. The van der Waals surface area contributed by atoms with Crippen molar-refractivity contribution in [1.29, 1.82) is 0 Å². The lowest BCUT2D eigenvalue weighted by Crippen LogP contribution is -2.63. The average molecular weight is 484 g/mol. The van der Waals surface area contributed by atoms with Crippen molar-refractivity contribution in [1.82, 2.24) is 23.8 Å². The van der Waals surface area contributed by atoms with E-state index >= 15 is 4.57 Å². The van der Waals surface area contributed by atoms with Crippen LogP contribution in [0.4, 0.5) is 0 Å². The number of hydrogen-bond donors (Lipinski definition) is 0. The Hall–Kier alpha value is 0.0300. The Kier molecular flexibility index (Phi) is 7.41. The normalized spacial score (nSPS) is 31.4. The number of hydrogen-bond acceptors (Lipinski definition) is 3. The molecule has 6 nitrogen and oxygen atoms in total. The van der Waals surface area contributed by atoms with Gasteiger partial charge in [0.1, 0.15) is 0 Å². The van der Waals surface area contributed by atoms with Crippen molar-refractivity contribution in [3.8, 4) is 0 Å². The van der Waals surface area contributed by atoms with Gasteiger partial charge < -0.3 is 0 Å². The summed E-state index contributed by atoms with van der Waals surface area (Å²) >= 11 is 0. The van der Waals surface area contributed by atoms with Gasteiger partial charge in [-0.05, 0) is 95.2 Å². The topological polar surface area (TPSA) is 33.3 Å². The molecule has 0 aromatic carbocycles. The van der Waals surface area contributed by atoms with Crippen molar-refractivity contribution in [3.05, 3.63) is 0 Å². The third kappa shape index (κ3) is 4.62. The summed E-state index contributed by atoms with van der Waals surface area (Å²) in [6.07, 6.45) is 4.26. The monoisotopic (exact) mass is 483 g/mol. The molecule has 3 saturated heterocycles. The zero-order valence-corrected chi connectivity index (χ0v) is 24.8. The maximum Gasteiger partial charge on any atom is 0.287 e. The summed E-state index contributed by atoms with van der Waals surface area (Å²) in [6.45, 7) is 26.8. The van der Waals surface area contributed by atoms with Crippen LogP contribution in [0.15, 0.2) is 0 Å². The highest BCUT2D eigenvalue weighted by Crippen LogP contribution is 2.64. The lowest BCUT2D eigenvalue weighted by atomic mass is 9.77. The predicted molar refractivity (Wildman–Crippen MR) is 142 cm³/mol. The third-order valence-electron chi connectivity index (χ3n) is 9.74. The van der Waals surface area contributed by atoms with Crippen LogP contribution in [0.5, 0.6) is 0 Å². The van der Waals surface area contributed by atoms with Crippen LogP contribution < -0.4 is 0 Å². The highest BCUT2D eigenvalue weighted by atomic mass is 31.2. The van der Waals surface area contributed by atoms with Crippen LogP contribution in [0.2, 0.25) is 0 Å². The van der Waals surface area contributed by atoms with E-state index in [-0.39, 0.29) is 22.2 Å². The van der Waals surface area contributed by atoms with Crippen molar-refractivity contribution in [2.75, 3.05) is 40.3 Å². The third-order valence-corrected chi connectivity index (χ3v) is 13.4. The molecule has 7 heteroatoms. The van der Waals surface area contributed by atoms with E-state index in [1.54, 1.807) is 0 Å². The Labute approximate surface area is 205 Å². The Morgan fingerprint density at radius 2 is 0.939 bits per heavy atom. The minimum absolute atomic E-state index is 0.0887. The van der Waals surface area contributed by atoms with Crippen molar-refractivity contribution < 1.29 is 4.57 Å². The van der Waals surface area contributed by atoms with Crippen LogP contribution in [0.3, 0.4) is 0 Å². The van der Waals surface area contributed by atoms with E-state index in [0.29, 0.717) is 12.1 Å². The lowest BCUT2D eigenvalue weighted by Gasteiger charge is -2.57. The number of rotatable bonds is 5. The van der Waals surface area contributed by atoms with Gasteiger partial charge in [-0.2, -0.15) is 0 Å². The van der Waals surface area contributed by atoms with E-state index < -0.39 is 7.59 Å². The van der Waals surface area contributed by atoms with E-state index in [4.69, 9.17) is 0 Å². The van der Waals surface area contributed by atoms with Gasteiger partial charge in [-0.15, -0.1) is 0 Å². The number of likely N-dealkylation sites (tertiary alicyclic amines) is 2. The SMILES string of the molecule is CCN(CC)P1(=O)N(C2CC(C)(C)N(C)C(C)(C)C2)CCN1C1CC(C)(C)N(C)C(C)(C)C1. The van der Waals surface area contributed by atoms with Gasteiger partial charge in [-0.3, -0.25) is 14.4 Å². The Balaban J connectivity index is 2.01. The van der Waals surface area contributed by atoms with E-state index in [0.717, 1.165) is 51.9 Å². The fraction of sp³-hybridized carbons (Fsp3) is 1.00. The van der Waals surface area contributed by atoms with Crippen molar-refractivity contribution in [2.24, 2.45) is 0 Å². The zero-order chi connectivity index (χ0) is 25.2. The van der Waals surface area contributed by atoms with Gasteiger partial charge in [-0.25, -0.2) is 14.0 Å². The molecule has 3 heterocycles. The average Bonchev–Trinajstić information content (AvgIpc) is 3.02. The van der Waals surface area contributed by atoms with E-state index in [2.05, 4.69) is 107 Å². The fourth-order valence-electron chi connectivity index (χ4n) is 7.38. The predicted octanol–water partition coefficient (Wildman–Crippen LogP) is 5.36. The second-order valence-electron chi connectivity index (χ2n) is 13.5. The number of piperidine rings is 2. The van der Waals surface area contributed by atoms with E-state index in [1.807, 2.05) is 0 Å². The molecule has 194 valence electrons. The highest BCUT2D eigenvalue weighted by molar-refractivity contribution is 7.56. The molecule has 3 fully saturated rings. The van der Waals surface area contributed by atoms with Crippen molar-refractivity contribution in [3.63, 3.8) is 0 Å². The molecule has 0 aromatic heterocycles. The number of nitrogens with zero attached hydrogens (tertiary/aromatic N) is 5. The first-order chi connectivity index (χ1) is 14.9. The molecule has 0 spiro atoms. The van der Waals surface area contributed by atoms with Gasteiger partial charge >= 0.3 is 0 Å². The van der Waals surface area contributed by atoms with Gasteiger partial charge in [0.25, 0.3) is 7.59 Å². The largest absolute Gasteiger partial charge is 0.296 e. The van der Waals surface area contributed by atoms with E-state index in [9.17, 15) is 0 Å². The van der Waals surface area contributed by atoms with Crippen LogP contribution in [0, 0.1) is 0 Å². The molecule has 3 rings (SSSR count). The Morgan fingerprint density at radius 1 is 0.667 bits per heavy atom. The van der Waals surface area contributed by atoms with Crippen LogP contribution in [0.25, 0.3) is 0 Å². The van der Waals surface area contributed by atoms with Crippen molar-refractivity contribution >= 4 is 7.59 Å².